The van der Waals surface area contributed by atoms with Crippen LogP contribution in [0.3, 0.4) is 0 Å². The third-order valence-corrected chi connectivity index (χ3v) is 6.17. The zero-order valence-corrected chi connectivity index (χ0v) is 14.2. The van der Waals surface area contributed by atoms with E-state index in [-0.39, 0.29) is 0 Å². The molecule has 0 bridgehead atoms. The first-order valence-electron chi connectivity index (χ1n) is 8.66. The normalized spacial score (nSPS) is 22.1. The Kier molecular flexibility index (Phi) is 5.30. The summed E-state index contributed by atoms with van der Waals surface area (Å²) in [6, 6.07) is 0. The molecular weight excluding hydrogens is 278 g/mol. The average Bonchev–Trinajstić information content (AvgIpc) is 3.12. The topological polar surface area (TPSA) is 28.2 Å². The second kappa shape index (κ2) is 7.21. The van der Waals surface area contributed by atoms with Gasteiger partial charge < -0.3 is 5.32 Å². The highest BCUT2D eigenvalue weighted by Gasteiger charge is 2.36. The molecular formula is C17H29N3S. The van der Waals surface area contributed by atoms with Crippen molar-refractivity contribution >= 4 is 11.3 Å². The molecule has 4 heteroatoms. The van der Waals surface area contributed by atoms with Crippen molar-refractivity contribution in [2.45, 2.75) is 65.0 Å². The van der Waals surface area contributed by atoms with Crippen molar-refractivity contribution in [2.24, 2.45) is 5.41 Å². The van der Waals surface area contributed by atoms with Crippen LogP contribution in [-0.4, -0.2) is 29.5 Å². The van der Waals surface area contributed by atoms with Crippen LogP contribution >= 0.6 is 11.3 Å². The summed E-state index contributed by atoms with van der Waals surface area (Å²) in [5.74, 6) is 0. The van der Waals surface area contributed by atoms with Gasteiger partial charge in [0.15, 0.2) is 0 Å². The van der Waals surface area contributed by atoms with Gasteiger partial charge in [-0.05, 0) is 57.2 Å². The van der Waals surface area contributed by atoms with Crippen LogP contribution in [0, 0.1) is 5.41 Å². The van der Waals surface area contributed by atoms with Crippen LogP contribution < -0.4 is 5.32 Å². The summed E-state index contributed by atoms with van der Waals surface area (Å²) in [5, 5.41) is 6.93. The molecule has 118 valence electrons. The molecule has 0 unspecified atom stereocenters. The van der Waals surface area contributed by atoms with E-state index in [2.05, 4.69) is 22.5 Å². The number of piperidine rings is 1. The van der Waals surface area contributed by atoms with Gasteiger partial charge in [0.2, 0.25) is 0 Å². The summed E-state index contributed by atoms with van der Waals surface area (Å²) in [4.78, 5) is 7.39. The van der Waals surface area contributed by atoms with Crippen molar-refractivity contribution in [3.63, 3.8) is 0 Å². The van der Waals surface area contributed by atoms with Gasteiger partial charge in [-0.15, -0.1) is 11.3 Å². The van der Waals surface area contributed by atoms with Gasteiger partial charge in [-0.2, -0.15) is 0 Å². The van der Waals surface area contributed by atoms with Gasteiger partial charge in [0.05, 0.1) is 5.69 Å². The van der Waals surface area contributed by atoms with Gasteiger partial charge in [-0.3, -0.25) is 4.90 Å². The van der Waals surface area contributed by atoms with Crippen LogP contribution in [-0.2, 0) is 13.1 Å². The number of likely N-dealkylation sites (tertiary alicyclic amines) is 1. The molecule has 1 spiro atoms. The number of rotatable bonds is 6. The van der Waals surface area contributed by atoms with Crippen LogP contribution in [0.25, 0.3) is 0 Å². The molecule has 1 aromatic rings. The zero-order chi connectivity index (χ0) is 14.5. The molecule has 21 heavy (non-hydrogen) atoms. The van der Waals surface area contributed by atoms with Gasteiger partial charge in [-0.25, -0.2) is 4.98 Å². The molecule has 0 radical (unpaired) electrons. The molecule has 1 aliphatic heterocycles. The predicted octanol–water partition coefficient (Wildman–Crippen LogP) is 3.80. The number of hydrogen-bond donors (Lipinski definition) is 1. The Morgan fingerprint density at radius 3 is 2.71 bits per heavy atom. The van der Waals surface area contributed by atoms with Crippen molar-refractivity contribution in [1.29, 1.82) is 0 Å². The summed E-state index contributed by atoms with van der Waals surface area (Å²) >= 11 is 1.81. The molecule has 1 aliphatic carbocycles. The van der Waals surface area contributed by atoms with Gasteiger partial charge in [0.25, 0.3) is 0 Å². The van der Waals surface area contributed by atoms with E-state index in [1.165, 1.54) is 68.7 Å². The highest BCUT2D eigenvalue weighted by Crippen LogP contribution is 2.46. The number of hydrogen-bond acceptors (Lipinski definition) is 4. The Hall–Kier alpha value is -0.450. The predicted molar refractivity (Wildman–Crippen MR) is 89.5 cm³/mol. The Balaban J connectivity index is 1.44. The summed E-state index contributed by atoms with van der Waals surface area (Å²) in [6.45, 7) is 7.83. The van der Waals surface area contributed by atoms with Gasteiger partial charge in [-0.1, -0.05) is 19.8 Å². The molecule has 0 atom stereocenters. The Bertz CT molecular complexity index is 427. The average molecular weight is 308 g/mol. The summed E-state index contributed by atoms with van der Waals surface area (Å²) in [6.07, 6.45) is 9.95. The molecule has 0 aromatic carbocycles. The smallest absolute Gasteiger partial charge is 0.107 e. The number of aromatic nitrogens is 1. The first kappa shape index (κ1) is 15.4. The number of thiazole rings is 1. The second-order valence-corrected chi connectivity index (χ2v) is 7.84. The first-order chi connectivity index (χ1) is 10.3. The lowest BCUT2D eigenvalue weighted by Crippen LogP contribution is -2.38. The highest BCUT2D eigenvalue weighted by molar-refractivity contribution is 7.09. The molecule has 1 saturated carbocycles. The number of nitrogens with zero attached hydrogens (tertiary/aromatic N) is 2. The maximum absolute atomic E-state index is 4.78. The van der Waals surface area contributed by atoms with Crippen molar-refractivity contribution in [3.05, 3.63) is 16.1 Å². The molecule has 2 heterocycles. The highest BCUT2D eigenvalue weighted by atomic mass is 32.1. The van der Waals surface area contributed by atoms with Crippen LogP contribution in [0.1, 0.15) is 62.6 Å². The monoisotopic (exact) mass is 307 g/mol. The quantitative estimate of drug-likeness (QED) is 0.810. The molecule has 1 N–H and O–H groups in total. The summed E-state index contributed by atoms with van der Waals surface area (Å²) in [7, 11) is 0. The van der Waals surface area contributed by atoms with Crippen molar-refractivity contribution in [1.82, 2.24) is 15.2 Å². The largest absolute Gasteiger partial charge is 0.310 e. The SMILES string of the molecule is CCCNCc1nc(CN2CCC3(CCCC3)CC2)cs1. The molecule has 2 fully saturated rings. The van der Waals surface area contributed by atoms with E-state index in [0.717, 1.165) is 25.0 Å². The van der Waals surface area contributed by atoms with E-state index in [1.807, 2.05) is 11.3 Å². The minimum Gasteiger partial charge on any atom is -0.310 e. The van der Waals surface area contributed by atoms with Crippen molar-refractivity contribution in [3.8, 4) is 0 Å². The summed E-state index contributed by atoms with van der Waals surface area (Å²) < 4.78 is 0. The van der Waals surface area contributed by atoms with Gasteiger partial charge in [0.1, 0.15) is 5.01 Å². The minimum absolute atomic E-state index is 0.730. The molecule has 3 nitrogen and oxygen atoms in total. The lowest BCUT2D eigenvalue weighted by molar-refractivity contribution is 0.103. The van der Waals surface area contributed by atoms with Gasteiger partial charge in [0, 0.05) is 18.5 Å². The maximum Gasteiger partial charge on any atom is 0.107 e. The van der Waals surface area contributed by atoms with E-state index < -0.39 is 0 Å². The van der Waals surface area contributed by atoms with E-state index in [9.17, 15) is 0 Å². The fraction of sp³-hybridized carbons (Fsp3) is 0.824. The number of nitrogens with one attached hydrogen (secondary N) is 1. The summed E-state index contributed by atoms with van der Waals surface area (Å²) in [5.41, 5.74) is 2.00. The van der Waals surface area contributed by atoms with E-state index in [0.29, 0.717) is 0 Å². The maximum atomic E-state index is 4.78. The lowest BCUT2D eigenvalue weighted by atomic mass is 9.77. The van der Waals surface area contributed by atoms with Crippen molar-refractivity contribution in [2.75, 3.05) is 19.6 Å². The van der Waals surface area contributed by atoms with Crippen LogP contribution in [0.2, 0.25) is 0 Å². The van der Waals surface area contributed by atoms with Crippen molar-refractivity contribution < 1.29 is 0 Å². The van der Waals surface area contributed by atoms with E-state index in [4.69, 9.17) is 4.98 Å². The van der Waals surface area contributed by atoms with Crippen LogP contribution in [0.5, 0.6) is 0 Å². The zero-order valence-electron chi connectivity index (χ0n) is 13.4. The van der Waals surface area contributed by atoms with Crippen LogP contribution in [0.4, 0.5) is 0 Å². The molecule has 1 aromatic heterocycles. The van der Waals surface area contributed by atoms with E-state index >= 15 is 0 Å². The molecule has 1 saturated heterocycles. The van der Waals surface area contributed by atoms with Gasteiger partial charge >= 0.3 is 0 Å². The fourth-order valence-corrected chi connectivity index (χ4v) is 4.67. The Morgan fingerprint density at radius 2 is 2.00 bits per heavy atom. The lowest BCUT2D eigenvalue weighted by Gasteiger charge is -2.39. The molecule has 2 aliphatic rings. The third kappa shape index (κ3) is 4.05. The first-order valence-corrected chi connectivity index (χ1v) is 9.54. The van der Waals surface area contributed by atoms with Crippen LogP contribution in [0.15, 0.2) is 5.38 Å². The minimum atomic E-state index is 0.730. The fourth-order valence-electron chi connectivity index (χ4n) is 3.91. The standard InChI is InChI=1S/C17H29N3S/c1-2-9-18-12-16-19-15(14-21-16)13-20-10-7-17(8-11-20)5-3-4-6-17/h14,18H,2-13H2,1H3. The van der Waals surface area contributed by atoms with E-state index in [1.54, 1.807) is 0 Å². The second-order valence-electron chi connectivity index (χ2n) is 6.89. The molecule has 3 rings (SSSR count). The molecule has 0 amide bonds. The third-order valence-electron chi connectivity index (χ3n) is 5.27. The Labute approximate surface area is 133 Å². The Morgan fingerprint density at radius 1 is 1.24 bits per heavy atom.